The summed E-state index contributed by atoms with van der Waals surface area (Å²) in [6, 6.07) is 8.94. The standard InChI is InChI=1S/C15H14BrF2NO/c1-20-14-6-5-9(7-12(14)18)13(19)8-10-3-2-4-11(17)15(10)16/h2-7,13H,8,19H2,1H3. The first-order valence-electron chi connectivity index (χ1n) is 6.05. The summed E-state index contributed by atoms with van der Waals surface area (Å²) in [5.41, 5.74) is 7.44. The molecule has 20 heavy (non-hydrogen) atoms. The van der Waals surface area contributed by atoms with Gasteiger partial charge in [-0.3, -0.25) is 0 Å². The van der Waals surface area contributed by atoms with Crippen LogP contribution in [0.15, 0.2) is 40.9 Å². The Balaban J connectivity index is 2.21. The number of benzene rings is 2. The minimum atomic E-state index is -0.459. The van der Waals surface area contributed by atoms with Crippen LogP contribution in [0, 0.1) is 11.6 Å². The third-order valence-corrected chi connectivity index (χ3v) is 3.96. The molecule has 0 aliphatic heterocycles. The van der Waals surface area contributed by atoms with Crippen molar-refractivity contribution >= 4 is 15.9 Å². The molecule has 0 saturated heterocycles. The molecule has 2 nitrogen and oxygen atoms in total. The largest absolute Gasteiger partial charge is 0.494 e. The van der Waals surface area contributed by atoms with Crippen LogP contribution in [0.4, 0.5) is 8.78 Å². The monoisotopic (exact) mass is 341 g/mol. The molecule has 0 aliphatic rings. The molecule has 0 fully saturated rings. The lowest BCUT2D eigenvalue weighted by Crippen LogP contribution is -2.14. The Morgan fingerprint density at radius 2 is 1.95 bits per heavy atom. The fourth-order valence-electron chi connectivity index (χ4n) is 1.97. The highest BCUT2D eigenvalue weighted by Crippen LogP contribution is 2.27. The summed E-state index contributed by atoms with van der Waals surface area (Å²) in [5, 5.41) is 0. The number of hydrogen-bond donors (Lipinski definition) is 1. The highest BCUT2D eigenvalue weighted by atomic mass is 79.9. The average molecular weight is 342 g/mol. The summed E-state index contributed by atoms with van der Waals surface area (Å²) in [6.45, 7) is 0. The van der Waals surface area contributed by atoms with Crippen molar-refractivity contribution in [3.05, 3.63) is 63.6 Å². The summed E-state index contributed by atoms with van der Waals surface area (Å²) in [4.78, 5) is 0. The molecule has 1 atom stereocenters. The van der Waals surface area contributed by atoms with Crippen molar-refractivity contribution in [2.45, 2.75) is 12.5 Å². The molecule has 106 valence electrons. The molecule has 0 bridgehead atoms. The van der Waals surface area contributed by atoms with Crippen LogP contribution in [0.25, 0.3) is 0 Å². The molecule has 1 unspecified atom stereocenters. The molecule has 2 N–H and O–H groups in total. The normalized spacial score (nSPS) is 12.2. The van der Waals surface area contributed by atoms with Gasteiger partial charge in [0.1, 0.15) is 5.82 Å². The summed E-state index contributed by atoms with van der Waals surface area (Å²) in [6.07, 6.45) is 0.407. The van der Waals surface area contributed by atoms with Gasteiger partial charge in [0.25, 0.3) is 0 Å². The van der Waals surface area contributed by atoms with Gasteiger partial charge in [-0.05, 0) is 51.7 Å². The number of methoxy groups -OCH3 is 1. The maximum atomic E-state index is 13.6. The minimum absolute atomic E-state index is 0.174. The summed E-state index contributed by atoms with van der Waals surface area (Å²) >= 11 is 3.19. The van der Waals surface area contributed by atoms with E-state index in [4.69, 9.17) is 10.5 Å². The van der Waals surface area contributed by atoms with Gasteiger partial charge in [-0.1, -0.05) is 18.2 Å². The smallest absolute Gasteiger partial charge is 0.165 e. The molecule has 0 spiro atoms. The third kappa shape index (κ3) is 3.16. The predicted molar refractivity (Wildman–Crippen MR) is 77.7 cm³/mol. The molecule has 2 rings (SSSR count). The average Bonchev–Trinajstić information content (AvgIpc) is 2.43. The summed E-state index contributed by atoms with van der Waals surface area (Å²) in [5.74, 6) is -0.623. The van der Waals surface area contributed by atoms with E-state index in [0.29, 0.717) is 16.5 Å². The molecule has 0 saturated carbocycles. The number of halogens is 3. The van der Waals surface area contributed by atoms with E-state index in [1.807, 2.05) is 0 Å². The quantitative estimate of drug-likeness (QED) is 0.912. The van der Waals surface area contributed by atoms with Crippen molar-refractivity contribution in [1.29, 1.82) is 0 Å². The molecular formula is C15H14BrF2NO. The zero-order valence-corrected chi connectivity index (χ0v) is 12.5. The van der Waals surface area contributed by atoms with Crippen molar-refractivity contribution in [3.8, 4) is 5.75 Å². The highest BCUT2D eigenvalue weighted by molar-refractivity contribution is 9.10. The fraction of sp³-hybridized carbons (Fsp3) is 0.200. The predicted octanol–water partition coefficient (Wildman–Crippen LogP) is 3.98. The number of hydrogen-bond acceptors (Lipinski definition) is 2. The lowest BCUT2D eigenvalue weighted by molar-refractivity contribution is 0.386. The van der Waals surface area contributed by atoms with E-state index >= 15 is 0 Å². The molecule has 0 aromatic heterocycles. The molecule has 2 aromatic carbocycles. The Bertz CT molecular complexity index is 619. The van der Waals surface area contributed by atoms with Gasteiger partial charge in [-0.25, -0.2) is 8.78 Å². The van der Waals surface area contributed by atoms with Crippen LogP contribution < -0.4 is 10.5 Å². The molecule has 0 amide bonds. The molecule has 0 aliphatic carbocycles. The number of nitrogens with two attached hydrogens (primary N) is 1. The topological polar surface area (TPSA) is 35.2 Å². The maximum absolute atomic E-state index is 13.6. The Morgan fingerprint density at radius 3 is 2.60 bits per heavy atom. The Morgan fingerprint density at radius 1 is 1.20 bits per heavy atom. The molecule has 2 aromatic rings. The highest BCUT2D eigenvalue weighted by Gasteiger charge is 2.13. The van der Waals surface area contributed by atoms with E-state index in [2.05, 4.69) is 15.9 Å². The van der Waals surface area contributed by atoms with E-state index < -0.39 is 11.9 Å². The summed E-state index contributed by atoms with van der Waals surface area (Å²) in [7, 11) is 1.40. The van der Waals surface area contributed by atoms with Gasteiger partial charge in [0.15, 0.2) is 11.6 Å². The number of ether oxygens (including phenoxy) is 1. The fourth-order valence-corrected chi connectivity index (χ4v) is 2.40. The SMILES string of the molecule is COc1ccc(C(N)Cc2cccc(F)c2Br)cc1F. The lowest BCUT2D eigenvalue weighted by Gasteiger charge is -2.14. The molecule has 5 heteroatoms. The zero-order chi connectivity index (χ0) is 14.7. The second kappa shape index (κ2) is 6.33. The van der Waals surface area contributed by atoms with Gasteiger partial charge in [0.05, 0.1) is 11.6 Å². The molecular weight excluding hydrogens is 328 g/mol. The van der Waals surface area contributed by atoms with Crippen molar-refractivity contribution in [3.63, 3.8) is 0 Å². The second-order valence-electron chi connectivity index (χ2n) is 4.42. The van der Waals surface area contributed by atoms with E-state index in [9.17, 15) is 8.78 Å². The third-order valence-electron chi connectivity index (χ3n) is 3.08. The van der Waals surface area contributed by atoms with Gasteiger partial charge in [0.2, 0.25) is 0 Å². The van der Waals surface area contributed by atoms with Gasteiger partial charge >= 0.3 is 0 Å². The van der Waals surface area contributed by atoms with Crippen LogP contribution in [0.1, 0.15) is 17.2 Å². The zero-order valence-electron chi connectivity index (χ0n) is 10.9. The van der Waals surface area contributed by atoms with E-state index in [1.54, 1.807) is 18.2 Å². The summed E-state index contributed by atoms with van der Waals surface area (Å²) < 4.78 is 32.3. The van der Waals surface area contributed by atoms with Crippen LogP contribution in [0.5, 0.6) is 5.75 Å². The minimum Gasteiger partial charge on any atom is -0.494 e. The maximum Gasteiger partial charge on any atom is 0.165 e. The van der Waals surface area contributed by atoms with Gasteiger partial charge in [-0.2, -0.15) is 0 Å². The van der Waals surface area contributed by atoms with E-state index in [0.717, 1.165) is 5.56 Å². The Labute approximate surface area is 124 Å². The first-order valence-corrected chi connectivity index (χ1v) is 6.84. The van der Waals surface area contributed by atoms with Crippen molar-refractivity contribution in [2.75, 3.05) is 7.11 Å². The molecule has 0 heterocycles. The first-order chi connectivity index (χ1) is 9.52. The van der Waals surface area contributed by atoms with Crippen LogP contribution >= 0.6 is 15.9 Å². The van der Waals surface area contributed by atoms with Gasteiger partial charge in [0, 0.05) is 6.04 Å². The van der Waals surface area contributed by atoms with Gasteiger partial charge in [-0.15, -0.1) is 0 Å². The first kappa shape index (κ1) is 14.9. The number of rotatable bonds is 4. The van der Waals surface area contributed by atoms with Crippen LogP contribution in [-0.4, -0.2) is 7.11 Å². The Kier molecular flexibility index (Phi) is 4.73. The van der Waals surface area contributed by atoms with Crippen LogP contribution in [-0.2, 0) is 6.42 Å². The van der Waals surface area contributed by atoms with Crippen molar-refractivity contribution in [1.82, 2.24) is 0 Å². The lowest BCUT2D eigenvalue weighted by atomic mass is 9.99. The molecule has 0 radical (unpaired) electrons. The van der Waals surface area contributed by atoms with E-state index in [1.165, 1.54) is 25.3 Å². The second-order valence-corrected chi connectivity index (χ2v) is 5.21. The van der Waals surface area contributed by atoms with Crippen molar-refractivity contribution < 1.29 is 13.5 Å². The van der Waals surface area contributed by atoms with Gasteiger partial charge < -0.3 is 10.5 Å². The van der Waals surface area contributed by atoms with Crippen LogP contribution in [0.2, 0.25) is 0 Å². The van der Waals surface area contributed by atoms with Crippen LogP contribution in [0.3, 0.4) is 0 Å². The van der Waals surface area contributed by atoms with Crippen molar-refractivity contribution in [2.24, 2.45) is 5.73 Å². The van der Waals surface area contributed by atoms with E-state index in [-0.39, 0.29) is 11.6 Å². The Hall–Kier alpha value is -1.46.